The first-order valence-electron chi connectivity index (χ1n) is 11.1. The lowest BCUT2D eigenvalue weighted by molar-refractivity contribution is -0.384. The molecule has 0 spiro atoms. The van der Waals surface area contributed by atoms with E-state index in [9.17, 15) is 24.8 Å². The normalized spacial score (nSPS) is 10.0. The smallest absolute Gasteiger partial charge is 0.323 e. The van der Waals surface area contributed by atoms with Gasteiger partial charge in [-0.1, -0.05) is 40.2 Å². The lowest BCUT2D eigenvalue weighted by Gasteiger charge is -2.10. The molecule has 0 atom stereocenters. The number of non-ortho nitro benzene ring substituents is 1. The summed E-state index contributed by atoms with van der Waals surface area (Å²) in [4.78, 5) is 34.3. The third-order valence-corrected chi connectivity index (χ3v) is 7.39. The number of hydrogen-bond donors (Lipinski definition) is 6. The fourth-order valence-corrected chi connectivity index (χ4v) is 4.74. The highest BCUT2D eigenvalue weighted by molar-refractivity contribution is 14.1. The van der Waals surface area contributed by atoms with Crippen LogP contribution in [0.25, 0.3) is 0 Å². The van der Waals surface area contributed by atoms with Gasteiger partial charge in [-0.3, -0.25) is 10.1 Å². The molecule has 10 nitrogen and oxygen atoms in total. The minimum absolute atomic E-state index is 0.0871. The second-order valence-corrected chi connectivity index (χ2v) is 11.2. The molecule has 0 saturated carbocycles. The predicted molar refractivity (Wildman–Crippen MR) is 175 cm³/mol. The van der Waals surface area contributed by atoms with E-state index in [0.29, 0.717) is 22.0 Å². The Balaban J connectivity index is 0.000000222. The summed E-state index contributed by atoms with van der Waals surface area (Å²) in [5.74, 6) is -0.373. The van der Waals surface area contributed by atoms with Crippen LogP contribution in [0, 0.1) is 13.7 Å². The maximum absolute atomic E-state index is 11.9. The average Bonchev–Trinajstić information content (AvgIpc) is 2.90. The third kappa shape index (κ3) is 9.39. The zero-order valence-electron chi connectivity index (χ0n) is 20.2. The summed E-state index contributed by atoms with van der Waals surface area (Å²) in [6.45, 7) is 0. The number of nitrogens with zero attached hydrogens (tertiary/aromatic N) is 1. The number of phenols is 1. The number of nitro benzene ring substituents is 1. The molecule has 5 N–H and O–H groups in total. The molecule has 0 bridgehead atoms. The zero-order chi connectivity index (χ0) is 29.2. The molecular formula is C26H20Br2IN5O5S. The maximum Gasteiger partial charge on any atom is 0.323 e. The van der Waals surface area contributed by atoms with Crippen LogP contribution in [0.15, 0.2) is 98.8 Å². The van der Waals surface area contributed by atoms with Gasteiger partial charge in [-0.05, 0) is 87.1 Å². The van der Waals surface area contributed by atoms with Gasteiger partial charge in [-0.15, -0.1) is 12.6 Å². The number of benzene rings is 4. The molecule has 4 rings (SSSR count). The Hall–Kier alpha value is -3.34. The van der Waals surface area contributed by atoms with Gasteiger partial charge in [0.15, 0.2) is 0 Å². The van der Waals surface area contributed by atoms with Crippen molar-refractivity contribution in [1.82, 2.24) is 0 Å². The average molecular weight is 801 g/mol. The number of phenolic OH excluding ortho intramolecular Hbond substituents is 1. The van der Waals surface area contributed by atoms with Crippen LogP contribution in [0.4, 0.5) is 38.0 Å². The van der Waals surface area contributed by atoms with Crippen LogP contribution < -0.4 is 21.3 Å². The van der Waals surface area contributed by atoms with E-state index in [1.54, 1.807) is 18.2 Å². The van der Waals surface area contributed by atoms with Gasteiger partial charge >= 0.3 is 12.1 Å². The van der Waals surface area contributed by atoms with E-state index in [4.69, 9.17) is 0 Å². The number of hydrogen-bond acceptors (Lipinski definition) is 6. The van der Waals surface area contributed by atoms with E-state index in [0.717, 1.165) is 18.6 Å². The van der Waals surface area contributed by atoms with Crippen LogP contribution in [0.1, 0.15) is 0 Å². The summed E-state index contributed by atoms with van der Waals surface area (Å²) in [6.07, 6.45) is 0. The number of nitrogens with one attached hydrogen (secondary N) is 4. The molecule has 0 unspecified atom stereocenters. The molecule has 0 aliphatic rings. The van der Waals surface area contributed by atoms with Gasteiger partial charge in [-0.2, -0.15) is 0 Å². The number of amides is 4. The van der Waals surface area contributed by atoms with E-state index in [2.05, 4.69) is 88.3 Å². The highest BCUT2D eigenvalue weighted by atomic mass is 127. The quantitative estimate of drug-likeness (QED) is 0.0394. The SMILES string of the molecule is O=C(Nc1ccc(Br)cc1S)Nc1ccccc1Br.O=C(Nc1ccc([N+](=O)[O-])cc1O)Nc1ccccc1I. The van der Waals surface area contributed by atoms with E-state index >= 15 is 0 Å². The summed E-state index contributed by atoms with van der Waals surface area (Å²) in [5, 5.41) is 30.8. The van der Waals surface area contributed by atoms with Gasteiger partial charge in [-0.25, -0.2) is 9.59 Å². The third-order valence-electron chi connectivity index (χ3n) is 4.89. The number of anilines is 4. The van der Waals surface area contributed by atoms with Gasteiger partial charge < -0.3 is 26.4 Å². The first-order chi connectivity index (χ1) is 19.0. The Morgan fingerprint density at radius 1 is 0.775 bits per heavy atom. The second kappa shape index (κ2) is 14.9. The molecule has 0 fully saturated rings. The Bertz CT molecular complexity index is 1560. The maximum atomic E-state index is 11.9. The minimum Gasteiger partial charge on any atom is -0.506 e. The molecule has 14 heteroatoms. The van der Waals surface area contributed by atoms with E-state index in [-0.39, 0.29) is 23.2 Å². The van der Waals surface area contributed by atoms with Crippen molar-refractivity contribution < 1.29 is 19.6 Å². The van der Waals surface area contributed by atoms with Gasteiger partial charge in [0.1, 0.15) is 5.75 Å². The largest absolute Gasteiger partial charge is 0.506 e. The number of halogens is 3. The van der Waals surface area contributed by atoms with Crippen LogP contribution in [0.3, 0.4) is 0 Å². The van der Waals surface area contributed by atoms with Crippen molar-refractivity contribution in [3.8, 4) is 5.75 Å². The molecule has 4 aromatic carbocycles. The van der Waals surface area contributed by atoms with Crippen molar-refractivity contribution in [3.63, 3.8) is 0 Å². The Morgan fingerprint density at radius 3 is 1.93 bits per heavy atom. The number of nitro groups is 1. The molecule has 0 saturated heterocycles. The summed E-state index contributed by atoms with van der Waals surface area (Å²) in [7, 11) is 0. The van der Waals surface area contributed by atoms with Crippen LogP contribution in [-0.2, 0) is 0 Å². The molecule has 4 amide bonds. The number of rotatable bonds is 5. The summed E-state index contributed by atoms with van der Waals surface area (Å²) in [6, 6.07) is 22.6. The molecule has 0 aliphatic heterocycles. The summed E-state index contributed by atoms with van der Waals surface area (Å²) < 4.78 is 2.60. The molecular weight excluding hydrogens is 781 g/mol. The molecule has 0 aliphatic carbocycles. The number of urea groups is 2. The summed E-state index contributed by atoms with van der Waals surface area (Å²) >= 11 is 13.1. The summed E-state index contributed by atoms with van der Waals surface area (Å²) in [5.41, 5.74) is 1.81. The highest BCUT2D eigenvalue weighted by Gasteiger charge is 2.13. The lowest BCUT2D eigenvalue weighted by Crippen LogP contribution is -2.20. The second-order valence-electron chi connectivity index (χ2n) is 7.74. The van der Waals surface area contributed by atoms with Crippen LogP contribution in [0.5, 0.6) is 5.75 Å². The van der Waals surface area contributed by atoms with Crippen molar-refractivity contribution >= 4 is 108 Å². The Kier molecular flexibility index (Phi) is 11.6. The molecule has 40 heavy (non-hydrogen) atoms. The van der Waals surface area contributed by atoms with Crippen molar-refractivity contribution in [2.24, 2.45) is 0 Å². The van der Waals surface area contributed by atoms with Gasteiger partial charge in [0.05, 0.1) is 33.7 Å². The van der Waals surface area contributed by atoms with Crippen molar-refractivity contribution in [2.75, 3.05) is 21.3 Å². The molecule has 4 aromatic rings. The van der Waals surface area contributed by atoms with Gasteiger partial charge in [0.2, 0.25) is 0 Å². The molecule has 0 heterocycles. The van der Waals surface area contributed by atoms with Crippen molar-refractivity contribution in [3.05, 3.63) is 108 Å². The molecule has 0 aromatic heterocycles. The minimum atomic E-state index is -0.629. The van der Waals surface area contributed by atoms with Gasteiger partial charge in [0, 0.05) is 23.5 Å². The van der Waals surface area contributed by atoms with Crippen LogP contribution in [-0.4, -0.2) is 22.1 Å². The monoisotopic (exact) mass is 799 g/mol. The van der Waals surface area contributed by atoms with E-state index < -0.39 is 11.0 Å². The standard InChI is InChI=1S/C13H10Br2N2OS.C13H10IN3O4/c14-8-5-6-11(12(19)7-8)17-13(18)16-10-4-2-1-3-9(10)15;14-9-3-1-2-4-10(9)15-13(19)16-11-6-5-8(17(20)21)7-12(11)18/h1-7,19H,(H2,16,17,18);1-7,18H,(H2,15,16,19). The first-order valence-corrected chi connectivity index (χ1v) is 14.3. The fourth-order valence-electron chi connectivity index (χ4n) is 3.03. The van der Waals surface area contributed by atoms with E-state index in [1.165, 1.54) is 12.1 Å². The number of aromatic hydroxyl groups is 1. The van der Waals surface area contributed by atoms with Crippen molar-refractivity contribution in [2.45, 2.75) is 4.90 Å². The number of carbonyl (C=O) groups is 2. The molecule has 206 valence electrons. The Morgan fingerprint density at radius 2 is 1.32 bits per heavy atom. The van der Waals surface area contributed by atoms with Crippen molar-refractivity contribution in [1.29, 1.82) is 0 Å². The van der Waals surface area contributed by atoms with Gasteiger partial charge in [0.25, 0.3) is 5.69 Å². The topological polar surface area (TPSA) is 146 Å². The zero-order valence-corrected chi connectivity index (χ0v) is 26.4. The fraction of sp³-hybridized carbons (Fsp3) is 0. The highest BCUT2D eigenvalue weighted by Crippen LogP contribution is 2.28. The number of para-hydroxylation sites is 2. The Labute approximate surface area is 264 Å². The molecule has 0 radical (unpaired) electrons. The van der Waals surface area contributed by atoms with E-state index in [1.807, 2.05) is 48.5 Å². The predicted octanol–water partition coefficient (Wildman–Crippen LogP) is 8.69. The van der Waals surface area contributed by atoms with Crippen LogP contribution >= 0.6 is 67.1 Å². The first kappa shape index (κ1) is 31.2. The number of carbonyl (C=O) groups excluding carboxylic acids is 2. The number of thiol groups is 1. The van der Waals surface area contributed by atoms with Crippen LogP contribution in [0.2, 0.25) is 0 Å². The lowest BCUT2D eigenvalue weighted by atomic mass is 10.2.